The Balaban J connectivity index is 0.000000423. The van der Waals surface area contributed by atoms with Crippen LogP contribution in [-0.4, -0.2) is 0 Å². The summed E-state index contributed by atoms with van der Waals surface area (Å²) in [5.74, 6) is 0. The van der Waals surface area contributed by atoms with Crippen molar-refractivity contribution in [1.29, 1.82) is 0 Å². The van der Waals surface area contributed by atoms with Crippen LogP contribution >= 0.6 is 0 Å². The van der Waals surface area contributed by atoms with Crippen molar-refractivity contribution in [3.63, 3.8) is 0 Å². The molecule has 10 aromatic rings. The van der Waals surface area contributed by atoms with Crippen LogP contribution in [0.4, 0.5) is 0 Å². The third-order valence-corrected chi connectivity index (χ3v) is 10.8. The molecule has 0 nitrogen and oxygen atoms in total. The molecule has 0 radical (unpaired) electrons. The monoisotopic (exact) mass is 742 g/mol. The highest BCUT2D eigenvalue weighted by molar-refractivity contribution is 6.32. The van der Waals surface area contributed by atoms with Gasteiger partial charge in [-0.05, 0) is 142 Å². The molecule has 0 aliphatic heterocycles. The summed E-state index contributed by atoms with van der Waals surface area (Å²) in [6.45, 7) is 14.4. The molecule has 58 heavy (non-hydrogen) atoms. The summed E-state index contributed by atoms with van der Waals surface area (Å²) in [6.07, 6.45) is 7.32. The lowest BCUT2D eigenvalue weighted by atomic mass is 9.81. The highest BCUT2D eigenvalue weighted by Gasteiger charge is 2.21. The van der Waals surface area contributed by atoms with Crippen LogP contribution in [-0.2, 0) is 0 Å². The van der Waals surface area contributed by atoms with Gasteiger partial charge in [-0.15, -0.1) is 6.58 Å². The Morgan fingerprint density at radius 3 is 1.07 bits per heavy atom. The van der Waals surface area contributed by atoms with E-state index in [2.05, 4.69) is 202 Å². The third kappa shape index (κ3) is 7.25. The molecule has 0 saturated carbocycles. The molecular formula is C58H46. The average molecular weight is 743 g/mol. The van der Waals surface area contributed by atoms with Crippen LogP contribution in [0, 0.1) is 0 Å². The van der Waals surface area contributed by atoms with Crippen molar-refractivity contribution in [2.24, 2.45) is 0 Å². The number of hydrogen-bond donors (Lipinski definition) is 0. The summed E-state index contributed by atoms with van der Waals surface area (Å²) in [7, 11) is 0. The second-order valence-electron chi connectivity index (χ2n) is 14.6. The fourth-order valence-electron chi connectivity index (χ4n) is 8.18. The zero-order valence-corrected chi connectivity index (χ0v) is 33.3. The van der Waals surface area contributed by atoms with E-state index in [4.69, 9.17) is 0 Å². The first-order valence-corrected chi connectivity index (χ1v) is 19.9. The van der Waals surface area contributed by atoms with E-state index in [0.717, 1.165) is 5.57 Å². The molecule has 0 aliphatic carbocycles. The maximum Gasteiger partial charge on any atom is -0.00139 e. The standard InChI is InChI=1S/C48H30.C7H10.C3H6/c1-3-13-33(14-4-1)43-29-45(37-21-19-31-11-7-9-17-35(31)27-37)41-26-24-40-44(34-15-5-2-6-16-34)30-46(42-25-23-39(43)47(41)48(40)42)38-22-20-32-12-8-10-18-36(32)28-38;1-4-6-7(3)5-2;1-3-2/h1-30H;4-6H,2-3H2,1H3;3H,1H2,2H3/b;6-4-;. The fraction of sp³-hybridized carbons (Fsp3) is 0.0345. The van der Waals surface area contributed by atoms with E-state index in [1.165, 1.54) is 98.4 Å². The van der Waals surface area contributed by atoms with Crippen molar-refractivity contribution in [2.75, 3.05) is 0 Å². The molecule has 0 unspecified atom stereocenters. The van der Waals surface area contributed by atoms with Gasteiger partial charge >= 0.3 is 0 Å². The number of hydrogen-bond acceptors (Lipinski definition) is 0. The molecule has 0 heteroatoms. The lowest BCUT2D eigenvalue weighted by molar-refractivity contribution is 1.63. The topological polar surface area (TPSA) is 0 Å². The van der Waals surface area contributed by atoms with Gasteiger partial charge < -0.3 is 0 Å². The van der Waals surface area contributed by atoms with E-state index in [-0.39, 0.29) is 0 Å². The summed E-state index contributed by atoms with van der Waals surface area (Å²) in [4.78, 5) is 0. The zero-order valence-electron chi connectivity index (χ0n) is 33.3. The zero-order chi connectivity index (χ0) is 40.0. The summed E-state index contributed by atoms with van der Waals surface area (Å²) in [5.41, 5.74) is 11.0. The number of fused-ring (bicyclic) bond motifs is 2. The summed E-state index contributed by atoms with van der Waals surface area (Å²) in [5, 5.41) is 12.8. The minimum absolute atomic E-state index is 0.961. The minimum Gasteiger partial charge on any atom is -0.103 e. The quantitative estimate of drug-likeness (QED) is 0.0904. The second kappa shape index (κ2) is 16.8. The third-order valence-electron chi connectivity index (χ3n) is 10.8. The van der Waals surface area contributed by atoms with Crippen molar-refractivity contribution in [2.45, 2.75) is 13.8 Å². The van der Waals surface area contributed by atoms with E-state index in [1.54, 1.807) is 12.2 Å². The predicted octanol–water partition coefficient (Wildman–Crippen LogP) is 17.1. The molecule has 0 N–H and O–H groups in total. The van der Waals surface area contributed by atoms with Gasteiger partial charge in [-0.2, -0.15) is 0 Å². The molecule has 0 saturated heterocycles. The molecule has 10 rings (SSSR count). The first-order valence-electron chi connectivity index (χ1n) is 19.9. The van der Waals surface area contributed by atoms with Gasteiger partial charge in [-0.25, -0.2) is 0 Å². The molecule has 0 bridgehead atoms. The molecule has 278 valence electrons. The Hall–Kier alpha value is -7.28. The summed E-state index contributed by atoms with van der Waals surface area (Å²) >= 11 is 0. The van der Waals surface area contributed by atoms with Crippen molar-refractivity contribution < 1.29 is 0 Å². The van der Waals surface area contributed by atoms with E-state index in [1.807, 2.05) is 26.0 Å². The number of rotatable bonds is 6. The SMILES string of the molecule is C=CC.C=CC(=C)/C=C\C.c1ccc(-c2cc(-c3ccc4ccccc4c3)c3ccc4c(-c5ccccc5)cc(-c5ccc6ccccc6c5)c5ccc2c3c45)cc1. The van der Waals surface area contributed by atoms with Gasteiger partial charge in [-0.1, -0.05) is 195 Å². The van der Waals surface area contributed by atoms with Crippen LogP contribution in [0.1, 0.15) is 13.8 Å². The molecule has 0 atom stereocenters. The van der Waals surface area contributed by atoms with Gasteiger partial charge in [-0.3, -0.25) is 0 Å². The number of benzene rings is 10. The maximum absolute atomic E-state index is 3.66. The summed E-state index contributed by atoms with van der Waals surface area (Å²) < 4.78 is 0. The van der Waals surface area contributed by atoms with Crippen molar-refractivity contribution in [1.82, 2.24) is 0 Å². The molecule has 0 spiro atoms. The van der Waals surface area contributed by atoms with E-state index in [0.29, 0.717) is 0 Å². The van der Waals surface area contributed by atoms with Gasteiger partial charge in [0.1, 0.15) is 0 Å². The average Bonchev–Trinajstić information content (AvgIpc) is 3.28. The van der Waals surface area contributed by atoms with Crippen LogP contribution in [0.3, 0.4) is 0 Å². The summed E-state index contributed by atoms with van der Waals surface area (Å²) in [6, 6.07) is 67.2. The van der Waals surface area contributed by atoms with Crippen molar-refractivity contribution in [3.8, 4) is 44.5 Å². The van der Waals surface area contributed by atoms with E-state index < -0.39 is 0 Å². The van der Waals surface area contributed by atoms with Crippen LogP contribution in [0.2, 0.25) is 0 Å². The first-order chi connectivity index (χ1) is 28.5. The Labute approximate surface area is 342 Å². The van der Waals surface area contributed by atoms with Gasteiger partial charge in [0.05, 0.1) is 0 Å². The highest BCUT2D eigenvalue weighted by atomic mass is 14.2. The van der Waals surface area contributed by atoms with E-state index in [9.17, 15) is 0 Å². The van der Waals surface area contributed by atoms with Crippen LogP contribution in [0.15, 0.2) is 232 Å². The predicted molar refractivity (Wildman–Crippen MR) is 257 cm³/mol. The highest BCUT2D eigenvalue weighted by Crippen LogP contribution is 2.48. The van der Waals surface area contributed by atoms with Crippen LogP contribution in [0.5, 0.6) is 0 Å². The Morgan fingerprint density at radius 1 is 0.379 bits per heavy atom. The second-order valence-corrected chi connectivity index (χ2v) is 14.6. The van der Waals surface area contributed by atoms with Crippen LogP contribution < -0.4 is 0 Å². The smallest absolute Gasteiger partial charge is 0.00139 e. The molecule has 0 aliphatic rings. The van der Waals surface area contributed by atoms with Crippen LogP contribution in [0.25, 0.3) is 98.4 Å². The Bertz CT molecular complexity index is 2910. The minimum atomic E-state index is 0.961. The maximum atomic E-state index is 3.66. The molecule has 10 aromatic carbocycles. The van der Waals surface area contributed by atoms with Gasteiger partial charge in [0, 0.05) is 0 Å². The largest absolute Gasteiger partial charge is 0.103 e. The van der Waals surface area contributed by atoms with Gasteiger partial charge in [0.2, 0.25) is 0 Å². The Morgan fingerprint density at radius 2 is 0.724 bits per heavy atom. The van der Waals surface area contributed by atoms with Crippen molar-refractivity contribution >= 4 is 53.9 Å². The lowest BCUT2D eigenvalue weighted by Gasteiger charge is -2.21. The fourth-order valence-corrected chi connectivity index (χ4v) is 8.18. The van der Waals surface area contributed by atoms with Gasteiger partial charge in [0.25, 0.3) is 0 Å². The molecular weight excluding hydrogens is 697 g/mol. The van der Waals surface area contributed by atoms with Gasteiger partial charge in [0.15, 0.2) is 0 Å². The van der Waals surface area contributed by atoms with Crippen molar-refractivity contribution in [3.05, 3.63) is 232 Å². The Kier molecular flexibility index (Phi) is 10.9. The normalized spacial score (nSPS) is 11.1. The van der Waals surface area contributed by atoms with E-state index >= 15 is 0 Å². The molecule has 0 amide bonds. The molecule has 0 fully saturated rings. The molecule has 0 aromatic heterocycles. The molecule has 0 heterocycles. The first kappa shape index (κ1) is 37.6. The lowest BCUT2D eigenvalue weighted by Crippen LogP contribution is -1.94. The number of allylic oxidation sites excluding steroid dienone is 5.